The lowest BCUT2D eigenvalue weighted by Crippen LogP contribution is -2.38. The molecule has 0 rings (SSSR count). The van der Waals surface area contributed by atoms with E-state index >= 15 is 0 Å². The summed E-state index contributed by atoms with van der Waals surface area (Å²) < 4.78 is 5.72. The Kier molecular flexibility index (Phi) is 19.0. The normalized spacial score (nSPS) is 14.2. The SMILES string of the molecule is CCCCN(CCCC)C(O)CCOCCC(O)N(CCCC)CCCC. The van der Waals surface area contributed by atoms with Crippen LogP contribution in [-0.2, 0) is 4.74 Å². The fourth-order valence-corrected chi connectivity index (χ4v) is 3.11. The number of aliphatic hydroxyl groups excluding tert-OH is 2. The average molecular weight is 389 g/mol. The number of aliphatic hydroxyl groups is 2. The Balaban J connectivity index is 4.06. The lowest BCUT2D eigenvalue weighted by Gasteiger charge is -2.28. The van der Waals surface area contributed by atoms with Crippen LogP contribution < -0.4 is 0 Å². The van der Waals surface area contributed by atoms with Gasteiger partial charge in [-0.05, 0) is 25.7 Å². The molecule has 27 heavy (non-hydrogen) atoms. The number of unbranched alkanes of at least 4 members (excludes halogenated alkanes) is 4. The van der Waals surface area contributed by atoms with Crippen LogP contribution in [0.4, 0.5) is 0 Å². The van der Waals surface area contributed by atoms with Crippen molar-refractivity contribution < 1.29 is 14.9 Å². The minimum atomic E-state index is -0.418. The van der Waals surface area contributed by atoms with Crippen LogP contribution >= 0.6 is 0 Å². The van der Waals surface area contributed by atoms with Crippen LogP contribution in [0.3, 0.4) is 0 Å². The number of hydrogen-bond acceptors (Lipinski definition) is 5. The Morgan fingerprint density at radius 3 is 1.15 bits per heavy atom. The number of ether oxygens (including phenoxy) is 1. The van der Waals surface area contributed by atoms with Crippen LogP contribution in [0, 0.1) is 0 Å². The summed E-state index contributed by atoms with van der Waals surface area (Å²) in [6.07, 6.45) is 9.53. The molecule has 164 valence electrons. The van der Waals surface area contributed by atoms with E-state index in [1.807, 2.05) is 0 Å². The van der Waals surface area contributed by atoms with Gasteiger partial charge in [-0.1, -0.05) is 53.4 Å². The monoisotopic (exact) mass is 388 g/mol. The maximum absolute atomic E-state index is 10.4. The summed E-state index contributed by atoms with van der Waals surface area (Å²) in [5.74, 6) is 0. The van der Waals surface area contributed by atoms with Crippen LogP contribution in [0.5, 0.6) is 0 Å². The van der Waals surface area contributed by atoms with Gasteiger partial charge < -0.3 is 14.9 Å². The second-order valence-corrected chi connectivity index (χ2v) is 7.64. The van der Waals surface area contributed by atoms with Gasteiger partial charge in [-0.2, -0.15) is 0 Å². The van der Waals surface area contributed by atoms with Crippen LogP contribution in [-0.4, -0.2) is 71.9 Å². The Morgan fingerprint density at radius 2 is 0.889 bits per heavy atom. The quantitative estimate of drug-likeness (QED) is 0.241. The molecule has 0 bridgehead atoms. The van der Waals surface area contributed by atoms with E-state index in [0.717, 1.165) is 77.5 Å². The second-order valence-electron chi connectivity index (χ2n) is 7.64. The predicted molar refractivity (Wildman–Crippen MR) is 115 cm³/mol. The van der Waals surface area contributed by atoms with Crippen molar-refractivity contribution in [2.45, 2.75) is 104 Å². The summed E-state index contributed by atoms with van der Waals surface area (Å²) in [4.78, 5) is 4.37. The third kappa shape index (κ3) is 14.5. The topological polar surface area (TPSA) is 56.2 Å². The van der Waals surface area contributed by atoms with E-state index in [4.69, 9.17) is 4.74 Å². The summed E-state index contributed by atoms with van der Waals surface area (Å²) in [5.41, 5.74) is 0. The van der Waals surface area contributed by atoms with Gasteiger partial charge in [-0.3, -0.25) is 9.80 Å². The molecule has 0 aromatic carbocycles. The Hall–Kier alpha value is -0.200. The van der Waals surface area contributed by atoms with E-state index in [-0.39, 0.29) is 0 Å². The molecule has 0 saturated heterocycles. The lowest BCUT2D eigenvalue weighted by molar-refractivity contribution is -0.0415. The number of nitrogens with zero attached hydrogens (tertiary/aromatic N) is 2. The van der Waals surface area contributed by atoms with Crippen molar-refractivity contribution in [2.75, 3.05) is 39.4 Å². The fourth-order valence-electron chi connectivity index (χ4n) is 3.11. The predicted octanol–water partition coefficient (Wildman–Crippen LogP) is 4.22. The first kappa shape index (κ1) is 26.8. The molecule has 2 atom stereocenters. The summed E-state index contributed by atoms with van der Waals surface area (Å²) in [5, 5.41) is 20.9. The van der Waals surface area contributed by atoms with Gasteiger partial charge in [-0.15, -0.1) is 0 Å². The maximum Gasteiger partial charge on any atom is 0.109 e. The Bertz CT molecular complexity index is 261. The first-order valence-electron chi connectivity index (χ1n) is 11.5. The van der Waals surface area contributed by atoms with E-state index in [2.05, 4.69) is 37.5 Å². The molecule has 5 nitrogen and oxygen atoms in total. The van der Waals surface area contributed by atoms with Crippen LogP contribution in [0.25, 0.3) is 0 Å². The van der Waals surface area contributed by atoms with Gasteiger partial charge in [0.05, 0.1) is 13.2 Å². The van der Waals surface area contributed by atoms with E-state index < -0.39 is 12.5 Å². The minimum Gasteiger partial charge on any atom is -0.381 e. The molecule has 0 amide bonds. The van der Waals surface area contributed by atoms with Crippen molar-refractivity contribution in [3.05, 3.63) is 0 Å². The molecule has 0 saturated carbocycles. The fraction of sp³-hybridized carbons (Fsp3) is 1.00. The molecule has 5 heteroatoms. The third-order valence-corrected chi connectivity index (χ3v) is 5.08. The molecular formula is C22H48N2O3. The zero-order chi connectivity index (χ0) is 20.3. The van der Waals surface area contributed by atoms with Crippen LogP contribution in [0.2, 0.25) is 0 Å². The largest absolute Gasteiger partial charge is 0.381 e. The highest BCUT2D eigenvalue weighted by atomic mass is 16.5. The molecule has 2 N–H and O–H groups in total. The average Bonchev–Trinajstić information content (AvgIpc) is 2.67. The van der Waals surface area contributed by atoms with E-state index in [9.17, 15) is 10.2 Å². The summed E-state index contributed by atoms with van der Waals surface area (Å²) in [6.45, 7) is 13.7. The molecule has 0 aromatic rings. The zero-order valence-corrected chi connectivity index (χ0v) is 18.7. The summed E-state index contributed by atoms with van der Waals surface area (Å²) in [6, 6.07) is 0. The Morgan fingerprint density at radius 1 is 0.593 bits per heavy atom. The number of hydrogen-bond donors (Lipinski definition) is 2. The van der Waals surface area contributed by atoms with Crippen molar-refractivity contribution in [3.8, 4) is 0 Å². The zero-order valence-electron chi connectivity index (χ0n) is 18.7. The Labute approximate surface area is 169 Å². The first-order valence-corrected chi connectivity index (χ1v) is 11.5. The summed E-state index contributed by atoms with van der Waals surface area (Å²) in [7, 11) is 0. The van der Waals surface area contributed by atoms with Crippen molar-refractivity contribution in [3.63, 3.8) is 0 Å². The third-order valence-electron chi connectivity index (χ3n) is 5.08. The number of rotatable bonds is 20. The molecule has 0 fully saturated rings. The molecule has 0 spiro atoms. The summed E-state index contributed by atoms with van der Waals surface area (Å²) >= 11 is 0. The minimum absolute atomic E-state index is 0.418. The highest BCUT2D eigenvalue weighted by Gasteiger charge is 2.16. The first-order chi connectivity index (χ1) is 13.1. The van der Waals surface area contributed by atoms with Gasteiger partial charge in [0, 0.05) is 39.0 Å². The lowest BCUT2D eigenvalue weighted by atomic mass is 10.2. The van der Waals surface area contributed by atoms with E-state index in [1.54, 1.807) is 0 Å². The standard InChI is InChI=1S/C22H48N2O3/c1-5-9-15-23(16-10-6-2)21(25)13-19-27-20-14-22(26)24(17-11-7-3)18-12-8-4/h21-22,25-26H,5-20H2,1-4H3. The van der Waals surface area contributed by atoms with Crippen molar-refractivity contribution in [2.24, 2.45) is 0 Å². The smallest absolute Gasteiger partial charge is 0.109 e. The molecule has 0 aliphatic carbocycles. The van der Waals surface area contributed by atoms with E-state index in [0.29, 0.717) is 26.1 Å². The maximum atomic E-state index is 10.4. The molecule has 0 heterocycles. The molecule has 0 aliphatic heterocycles. The van der Waals surface area contributed by atoms with E-state index in [1.165, 1.54) is 0 Å². The van der Waals surface area contributed by atoms with Gasteiger partial charge in [0.2, 0.25) is 0 Å². The van der Waals surface area contributed by atoms with Gasteiger partial charge in [0.25, 0.3) is 0 Å². The van der Waals surface area contributed by atoms with Crippen LogP contribution in [0.15, 0.2) is 0 Å². The molecule has 2 unspecified atom stereocenters. The second kappa shape index (κ2) is 19.1. The van der Waals surface area contributed by atoms with Gasteiger partial charge in [0.15, 0.2) is 0 Å². The van der Waals surface area contributed by atoms with Gasteiger partial charge >= 0.3 is 0 Å². The molecule has 0 radical (unpaired) electrons. The van der Waals surface area contributed by atoms with Crippen LogP contribution in [0.1, 0.15) is 91.9 Å². The molecule has 0 aromatic heterocycles. The highest BCUT2D eigenvalue weighted by Crippen LogP contribution is 2.09. The molecular weight excluding hydrogens is 340 g/mol. The van der Waals surface area contributed by atoms with Crippen molar-refractivity contribution in [1.82, 2.24) is 9.80 Å². The van der Waals surface area contributed by atoms with Crippen molar-refractivity contribution >= 4 is 0 Å². The van der Waals surface area contributed by atoms with Gasteiger partial charge in [-0.25, -0.2) is 0 Å². The molecule has 0 aliphatic rings. The van der Waals surface area contributed by atoms with Gasteiger partial charge in [0.1, 0.15) is 12.5 Å². The van der Waals surface area contributed by atoms with Crippen molar-refractivity contribution in [1.29, 1.82) is 0 Å². The highest BCUT2D eigenvalue weighted by molar-refractivity contribution is 4.64.